The summed E-state index contributed by atoms with van der Waals surface area (Å²) >= 11 is 6.45. The van der Waals surface area contributed by atoms with Crippen molar-refractivity contribution in [2.24, 2.45) is 0 Å². The molecule has 1 atom stereocenters. The normalized spacial score (nSPS) is 15.4. The van der Waals surface area contributed by atoms with Crippen molar-refractivity contribution in [1.82, 2.24) is 19.9 Å². The van der Waals surface area contributed by atoms with E-state index in [1.165, 1.54) is 25.4 Å². The van der Waals surface area contributed by atoms with Crippen molar-refractivity contribution >= 4 is 45.0 Å². The Hall–Kier alpha value is -3.98. The summed E-state index contributed by atoms with van der Waals surface area (Å²) in [5, 5.41) is 12.3. The summed E-state index contributed by atoms with van der Waals surface area (Å²) in [6.45, 7) is 4.62. The smallest absolute Gasteiger partial charge is 0.318 e. The van der Waals surface area contributed by atoms with E-state index in [0.717, 1.165) is 0 Å². The first kappa shape index (κ1) is 23.7. The number of methoxy groups -OCH3 is 1. The van der Waals surface area contributed by atoms with Crippen LogP contribution in [0.1, 0.15) is 6.42 Å². The van der Waals surface area contributed by atoms with E-state index in [0.29, 0.717) is 52.1 Å². The molecule has 1 unspecified atom stereocenters. The molecule has 2 aromatic carbocycles. The van der Waals surface area contributed by atoms with Gasteiger partial charge in [-0.2, -0.15) is 9.97 Å². The van der Waals surface area contributed by atoms with Gasteiger partial charge >= 0.3 is 6.01 Å². The second kappa shape index (κ2) is 9.23. The van der Waals surface area contributed by atoms with Gasteiger partial charge in [-0.05, 0) is 36.1 Å². The standard InChI is InChI=1S/C26H23ClFN5O3/c1-4-20(35)33-9-8-15(13-33)32(2)25-18-12-29-23(22(28)24(18)30-26(31-25)36-3)17-11-16(34)10-14-6-5-7-19(27)21(14)17/h4-7,10-12,15,34H,1,8-9,13H2,2-3H3. The molecule has 0 bridgehead atoms. The Morgan fingerprint density at radius 1 is 1.36 bits per heavy atom. The Morgan fingerprint density at radius 2 is 2.17 bits per heavy atom. The fourth-order valence-electron chi connectivity index (χ4n) is 4.68. The lowest BCUT2D eigenvalue weighted by molar-refractivity contribution is -0.125. The van der Waals surface area contributed by atoms with Crippen molar-refractivity contribution in [2.45, 2.75) is 12.5 Å². The number of pyridine rings is 1. The quantitative estimate of drug-likeness (QED) is 0.395. The molecule has 3 heterocycles. The lowest BCUT2D eigenvalue weighted by Crippen LogP contribution is -2.36. The number of likely N-dealkylation sites (N-methyl/N-ethyl adjacent to an activating group) is 1. The molecule has 1 fully saturated rings. The highest BCUT2D eigenvalue weighted by Gasteiger charge is 2.30. The third-order valence-electron chi connectivity index (χ3n) is 6.52. The van der Waals surface area contributed by atoms with Gasteiger partial charge in [0.2, 0.25) is 5.91 Å². The van der Waals surface area contributed by atoms with Gasteiger partial charge in [0.1, 0.15) is 22.8 Å². The van der Waals surface area contributed by atoms with E-state index < -0.39 is 5.82 Å². The highest BCUT2D eigenvalue weighted by Crippen LogP contribution is 2.39. The van der Waals surface area contributed by atoms with Crippen LogP contribution in [0.4, 0.5) is 10.2 Å². The number of hydrogen-bond donors (Lipinski definition) is 1. The molecule has 8 nitrogen and oxygen atoms in total. The van der Waals surface area contributed by atoms with Gasteiger partial charge in [-0.1, -0.05) is 30.3 Å². The fraction of sp³-hybridized carbons (Fsp3) is 0.231. The molecule has 0 spiro atoms. The zero-order valence-electron chi connectivity index (χ0n) is 19.7. The van der Waals surface area contributed by atoms with Gasteiger partial charge in [0.15, 0.2) is 5.82 Å². The van der Waals surface area contributed by atoms with Crippen molar-refractivity contribution in [3.8, 4) is 23.0 Å². The third kappa shape index (κ3) is 3.95. The van der Waals surface area contributed by atoms with Crippen LogP contribution in [0.15, 0.2) is 49.2 Å². The number of benzene rings is 2. The predicted octanol–water partition coefficient (Wildman–Crippen LogP) is 4.57. The van der Waals surface area contributed by atoms with Crippen LogP contribution in [0.3, 0.4) is 0 Å². The number of aromatic hydroxyl groups is 1. The number of rotatable bonds is 5. The third-order valence-corrected chi connectivity index (χ3v) is 6.84. The van der Waals surface area contributed by atoms with Gasteiger partial charge < -0.3 is 19.6 Å². The molecule has 0 radical (unpaired) electrons. The Bertz CT molecular complexity index is 1530. The minimum atomic E-state index is -0.690. The second-order valence-corrected chi connectivity index (χ2v) is 9.00. The van der Waals surface area contributed by atoms with Gasteiger partial charge in [0, 0.05) is 48.3 Å². The number of carbonyl (C=O) groups excluding carboxylic acids is 1. The SMILES string of the molecule is C=CC(=O)N1CCC(N(C)c2nc(OC)nc3c(F)c(-c4cc(O)cc5cccc(Cl)c45)ncc23)C1. The highest BCUT2D eigenvalue weighted by atomic mass is 35.5. The number of phenolic OH excluding ortho intramolecular Hbond substituents is 1. The van der Waals surface area contributed by atoms with E-state index in [4.69, 9.17) is 16.3 Å². The monoisotopic (exact) mass is 507 g/mol. The summed E-state index contributed by atoms with van der Waals surface area (Å²) in [7, 11) is 3.25. The lowest BCUT2D eigenvalue weighted by Gasteiger charge is -2.27. The maximum absolute atomic E-state index is 16.1. The first-order chi connectivity index (χ1) is 17.3. The molecular formula is C26H23ClFN5O3. The fourth-order valence-corrected chi connectivity index (χ4v) is 4.97. The van der Waals surface area contributed by atoms with Crippen molar-refractivity contribution in [3.05, 3.63) is 60.0 Å². The number of carbonyl (C=O) groups is 1. The van der Waals surface area contributed by atoms with Crippen molar-refractivity contribution in [2.75, 3.05) is 32.1 Å². The number of hydrogen-bond acceptors (Lipinski definition) is 7. The lowest BCUT2D eigenvalue weighted by atomic mass is 10.00. The number of amides is 1. The predicted molar refractivity (Wildman–Crippen MR) is 137 cm³/mol. The maximum Gasteiger partial charge on any atom is 0.318 e. The average Bonchev–Trinajstić information content (AvgIpc) is 3.37. The molecule has 36 heavy (non-hydrogen) atoms. The Balaban J connectivity index is 1.66. The Kier molecular flexibility index (Phi) is 6.09. The number of fused-ring (bicyclic) bond motifs is 2. The molecular weight excluding hydrogens is 485 g/mol. The zero-order valence-corrected chi connectivity index (χ0v) is 20.5. The number of nitrogens with zero attached hydrogens (tertiary/aromatic N) is 5. The van der Waals surface area contributed by atoms with E-state index >= 15 is 4.39 Å². The molecule has 1 amide bonds. The molecule has 2 aromatic heterocycles. The van der Waals surface area contributed by atoms with Gasteiger partial charge in [-0.15, -0.1) is 0 Å². The number of aromatic nitrogens is 3. The van der Waals surface area contributed by atoms with Crippen LogP contribution in [0.5, 0.6) is 11.8 Å². The van der Waals surface area contributed by atoms with Crippen LogP contribution in [-0.4, -0.2) is 64.2 Å². The molecule has 1 aliphatic rings. The minimum absolute atomic E-state index is 0.00350. The van der Waals surface area contributed by atoms with Gasteiger partial charge in [-0.3, -0.25) is 9.78 Å². The largest absolute Gasteiger partial charge is 0.508 e. The molecule has 1 saturated heterocycles. The minimum Gasteiger partial charge on any atom is -0.508 e. The highest BCUT2D eigenvalue weighted by molar-refractivity contribution is 6.36. The molecule has 0 saturated carbocycles. The van der Waals surface area contributed by atoms with E-state index in [9.17, 15) is 9.90 Å². The van der Waals surface area contributed by atoms with E-state index in [1.807, 2.05) is 11.9 Å². The number of ether oxygens (including phenoxy) is 1. The first-order valence-corrected chi connectivity index (χ1v) is 11.7. The Morgan fingerprint density at radius 3 is 2.92 bits per heavy atom. The number of phenols is 1. The van der Waals surface area contributed by atoms with Crippen molar-refractivity contribution in [1.29, 1.82) is 0 Å². The molecule has 184 valence electrons. The van der Waals surface area contributed by atoms with Crippen LogP contribution in [0.2, 0.25) is 5.02 Å². The molecule has 1 N–H and O–H groups in total. The van der Waals surface area contributed by atoms with E-state index in [1.54, 1.807) is 29.2 Å². The average molecular weight is 508 g/mol. The summed E-state index contributed by atoms with van der Waals surface area (Å²) in [5.41, 5.74) is 0.362. The zero-order chi connectivity index (χ0) is 25.6. The van der Waals surface area contributed by atoms with Crippen LogP contribution >= 0.6 is 11.6 Å². The first-order valence-electron chi connectivity index (χ1n) is 11.3. The van der Waals surface area contributed by atoms with Crippen LogP contribution in [0.25, 0.3) is 32.9 Å². The second-order valence-electron chi connectivity index (χ2n) is 8.59. The van der Waals surface area contributed by atoms with E-state index in [2.05, 4.69) is 21.5 Å². The van der Waals surface area contributed by atoms with Crippen molar-refractivity contribution in [3.63, 3.8) is 0 Å². The molecule has 10 heteroatoms. The number of halogens is 2. The maximum atomic E-state index is 16.1. The van der Waals surface area contributed by atoms with Crippen LogP contribution < -0.4 is 9.64 Å². The summed E-state index contributed by atoms with van der Waals surface area (Å²) in [4.78, 5) is 28.8. The molecule has 1 aliphatic heterocycles. The number of anilines is 1. The summed E-state index contributed by atoms with van der Waals surface area (Å²) in [6, 6.07) is 8.17. The molecule has 0 aliphatic carbocycles. The summed E-state index contributed by atoms with van der Waals surface area (Å²) in [5.74, 6) is -0.428. The van der Waals surface area contributed by atoms with Gasteiger partial charge in [0.05, 0.1) is 12.5 Å². The van der Waals surface area contributed by atoms with Crippen molar-refractivity contribution < 1.29 is 19.0 Å². The van der Waals surface area contributed by atoms with Gasteiger partial charge in [0.25, 0.3) is 0 Å². The van der Waals surface area contributed by atoms with Crippen LogP contribution in [-0.2, 0) is 4.79 Å². The number of likely N-dealkylation sites (tertiary alicyclic amines) is 1. The summed E-state index contributed by atoms with van der Waals surface area (Å²) < 4.78 is 21.4. The van der Waals surface area contributed by atoms with Gasteiger partial charge in [-0.25, -0.2) is 4.39 Å². The topological polar surface area (TPSA) is 91.7 Å². The van der Waals surface area contributed by atoms with E-state index in [-0.39, 0.29) is 34.9 Å². The molecule has 4 aromatic rings. The van der Waals surface area contributed by atoms with Crippen LogP contribution in [0, 0.1) is 5.82 Å². The summed E-state index contributed by atoms with van der Waals surface area (Å²) in [6.07, 6.45) is 3.52. The Labute approximate surface area is 211 Å². The molecule has 5 rings (SSSR count).